The lowest BCUT2D eigenvalue weighted by atomic mass is 9.64. The van der Waals surface area contributed by atoms with Gasteiger partial charge in [-0.2, -0.15) is 0 Å². The van der Waals surface area contributed by atoms with E-state index in [-0.39, 0.29) is 29.9 Å². The zero-order valence-corrected chi connectivity index (χ0v) is 19.4. The van der Waals surface area contributed by atoms with Gasteiger partial charge in [0, 0.05) is 25.7 Å². The molecule has 0 bridgehead atoms. The number of benzene rings is 1. The van der Waals surface area contributed by atoms with Crippen molar-refractivity contribution in [1.82, 2.24) is 16.0 Å². The molecule has 1 amide bonds. The van der Waals surface area contributed by atoms with Crippen molar-refractivity contribution in [3.63, 3.8) is 0 Å². The van der Waals surface area contributed by atoms with E-state index in [1.807, 2.05) is 24.3 Å². The van der Waals surface area contributed by atoms with E-state index < -0.39 is 0 Å². The molecule has 0 radical (unpaired) electrons. The number of hydrogen-bond acceptors (Lipinski definition) is 2. The van der Waals surface area contributed by atoms with Crippen LogP contribution in [0.3, 0.4) is 0 Å². The highest BCUT2D eigenvalue weighted by Gasteiger charge is 2.37. The number of hydrogen-bond donors (Lipinski definition) is 3. The number of carbonyl (C=O) groups is 1. The summed E-state index contributed by atoms with van der Waals surface area (Å²) < 4.78 is 0. The summed E-state index contributed by atoms with van der Waals surface area (Å²) in [5.41, 5.74) is 2.21. The predicted octanol–water partition coefficient (Wildman–Crippen LogP) is 3.94. The average Bonchev–Trinajstić information content (AvgIpc) is 2.61. The maximum Gasteiger partial charge on any atom is 0.251 e. The molecule has 1 aromatic carbocycles. The van der Waals surface area contributed by atoms with Gasteiger partial charge in [-0.05, 0) is 55.2 Å². The van der Waals surface area contributed by atoms with Crippen molar-refractivity contribution < 1.29 is 4.79 Å². The summed E-state index contributed by atoms with van der Waals surface area (Å²) in [4.78, 5) is 16.3. The highest BCUT2D eigenvalue weighted by atomic mass is 127. The molecular weight excluding hydrogens is 451 g/mol. The van der Waals surface area contributed by atoms with Crippen molar-refractivity contribution in [2.45, 2.75) is 53.0 Å². The molecule has 0 saturated heterocycles. The molecule has 6 heteroatoms. The third kappa shape index (κ3) is 7.31. The Balaban J connectivity index is 0.00000364. The van der Waals surface area contributed by atoms with Crippen molar-refractivity contribution in [3.05, 3.63) is 35.4 Å². The molecule has 0 atom stereocenters. The topological polar surface area (TPSA) is 65.5 Å². The second-order valence-corrected chi connectivity index (χ2v) is 7.78. The number of carbonyl (C=O) groups excluding carboxylic acids is 1. The van der Waals surface area contributed by atoms with Gasteiger partial charge in [0.2, 0.25) is 0 Å². The number of nitrogens with one attached hydrogen (secondary N) is 3. The highest BCUT2D eigenvalue weighted by molar-refractivity contribution is 14.0. The number of rotatable bonds is 8. The van der Waals surface area contributed by atoms with Crippen molar-refractivity contribution in [3.8, 4) is 0 Å². The maximum atomic E-state index is 11.6. The molecule has 0 aromatic heterocycles. The van der Waals surface area contributed by atoms with Crippen LogP contribution in [0.15, 0.2) is 29.3 Å². The van der Waals surface area contributed by atoms with E-state index in [2.05, 4.69) is 36.7 Å². The van der Waals surface area contributed by atoms with Crippen LogP contribution in [0.5, 0.6) is 0 Å². The second kappa shape index (κ2) is 11.5. The van der Waals surface area contributed by atoms with Crippen LogP contribution < -0.4 is 16.0 Å². The second-order valence-electron chi connectivity index (χ2n) is 7.78. The SMILES string of the molecule is CCNC(=NCc1ccc(C(=O)NC)cc1)NCC1(CC(C)C)CCC1.I. The van der Waals surface area contributed by atoms with Crippen LogP contribution in [0.1, 0.15) is 62.4 Å². The summed E-state index contributed by atoms with van der Waals surface area (Å²) in [5.74, 6) is 1.54. The molecule has 1 aliphatic rings. The Morgan fingerprint density at radius 2 is 1.85 bits per heavy atom. The van der Waals surface area contributed by atoms with E-state index in [0.717, 1.165) is 30.5 Å². The Bertz CT molecular complexity index is 609. The van der Waals surface area contributed by atoms with E-state index in [4.69, 9.17) is 4.99 Å². The van der Waals surface area contributed by atoms with Gasteiger partial charge < -0.3 is 16.0 Å². The zero-order valence-electron chi connectivity index (χ0n) is 17.1. The third-order valence-electron chi connectivity index (χ3n) is 5.09. The van der Waals surface area contributed by atoms with Crippen molar-refractivity contribution >= 4 is 35.8 Å². The first kappa shape index (κ1) is 23.7. The van der Waals surface area contributed by atoms with Crippen LogP contribution in [0.25, 0.3) is 0 Å². The highest BCUT2D eigenvalue weighted by Crippen LogP contribution is 2.45. The minimum Gasteiger partial charge on any atom is -0.357 e. The van der Waals surface area contributed by atoms with Gasteiger partial charge in [0.1, 0.15) is 0 Å². The van der Waals surface area contributed by atoms with Crippen LogP contribution in [0.4, 0.5) is 0 Å². The lowest BCUT2D eigenvalue weighted by Crippen LogP contribution is -2.47. The van der Waals surface area contributed by atoms with Crippen LogP contribution >= 0.6 is 24.0 Å². The molecular formula is C21H35IN4O. The third-order valence-corrected chi connectivity index (χ3v) is 5.09. The standard InChI is InChI=1S/C21H34N4O.HI/c1-5-23-20(25-15-21(11-6-12-21)13-16(2)3)24-14-17-7-9-18(10-8-17)19(26)22-4;/h7-10,16H,5-6,11-15H2,1-4H3,(H,22,26)(H2,23,24,25);1H. The molecule has 1 aromatic rings. The van der Waals surface area contributed by atoms with Gasteiger partial charge >= 0.3 is 0 Å². The molecule has 5 nitrogen and oxygen atoms in total. The summed E-state index contributed by atoms with van der Waals surface area (Å²) in [6.45, 7) is 9.14. The first-order valence-corrected chi connectivity index (χ1v) is 9.81. The fourth-order valence-corrected chi connectivity index (χ4v) is 3.69. The molecule has 1 fully saturated rings. The fourth-order valence-electron chi connectivity index (χ4n) is 3.69. The lowest BCUT2D eigenvalue weighted by Gasteiger charge is -2.43. The molecule has 0 heterocycles. The van der Waals surface area contributed by atoms with Gasteiger partial charge in [-0.15, -0.1) is 24.0 Å². The molecule has 1 saturated carbocycles. The van der Waals surface area contributed by atoms with E-state index in [1.165, 1.54) is 25.7 Å². The largest absolute Gasteiger partial charge is 0.357 e. The first-order chi connectivity index (χ1) is 12.5. The summed E-state index contributed by atoms with van der Waals surface area (Å²) >= 11 is 0. The minimum absolute atomic E-state index is 0. The number of nitrogens with zero attached hydrogens (tertiary/aromatic N) is 1. The van der Waals surface area contributed by atoms with Gasteiger partial charge in [0.05, 0.1) is 6.54 Å². The van der Waals surface area contributed by atoms with Gasteiger partial charge in [-0.25, -0.2) is 4.99 Å². The van der Waals surface area contributed by atoms with Crippen molar-refractivity contribution in [2.75, 3.05) is 20.1 Å². The van der Waals surface area contributed by atoms with E-state index in [9.17, 15) is 4.79 Å². The first-order valence-electron chi connectivity index (χ1n) is 9.81. The van der Waals surface area contributed by atoms with Gasteiger partial charge in [-0.3, -0.25) is 4.79 Å². The smallest absolute Gasteiger partial charge is 0.251 e. The molecule has 1 aliphatic carbocycles. The normalized spacial score (nSPS) is 15.5. The summed E-state index contributed by atoms with van der Waals surface area (Å²) in [7, 11) is 1.64. The predicted molar refractivity (Wildman–Crippen MR) is 124 cm³/mol. The Morgan fingerprint density at radius 1 is 1.19 bits per heavy atom. The van der Waals surface area contributed by atoms with Crippen LogP contribution in [0.2, 0.25) is 0 Å². The summed E-state index contributed by atoms with van der Waals surface area (Å²) in [6.07, 6.45) is 5.26. The van der Waals surface area contributed by atoms with Crippen molar-refractivity contribution in [2.24, 2.45) is 16.3 Å². The number of amides is 1. The molecule has 27 heavy (non-hydrogen) atoms. The van der Waals surface area contributed by atoms with Crippen LogP contribution in [0, 0.1) is 11.3 Å². The molecule has 152 valence electrons. The van der Waals surface area contributed by atoms with Crippen molar-refractivity contribution in [1.29, 1.82) is 0 Å². The number of guanidine groups is 1. The fraction of sp³-hybridized carbons (Fsp3) is 0.619. The Morgan fingerprint density at radius 3 is 2.33 bits per heavy atom. The molecule has 0 spiro atoms. The summed E-state index contributed by atoms with van der Waals surface area (Å²) in [6, 6.07) is 7.61. The maximum absolute atomic E-state index is 11.6. The lowest BCUT2D eigenvalue weighted by molar-refractivity contribution is 0.0963. The van der Waals surface area contributed by atoms with Crippen LogP contribution in [-0.4, -0.2) is 32.0 Å². The molecule has 0 aliphatic heterocycles. The van der Waals surface area contributed by atoms with E-state index in [0.29, 0.717) is 17.5 Å². The van der Waals surface area contributed by atoms with E-state index in [1.54, 1.807) is 7.05 Å². The average molecular weight is 486 g/mol. The van der Waals surface area contributed by atoms with Gasteiger partial charge in [0.25, 0.3) is 5.91 Å². The van der Waals surface area contributed by atoms with Gasteiger partial charge in [-0.1, -0.05) is 32.4 Å². The molecule has 0 unspecified atom stereocenters. The Kier molecular flexibility index (Phi) is 10.1. The minimum atomic E-state index is -0.0639. The Hall–Kier alpha value is -1.31. The molecule has 3 N–H and O–H groups in total. The summed E-state index contributed by atoms with van der Waals surface area (Å²) in [5, 5.41) is 9.53. The molecule has 2 rings (SSSR count). The quantitative estimate of drug-likeness (QED) is 0.296. The monoisotopic (exact) mass is 486 g/mol. The van der Waals surface area contributed by atoms with Gasteiger partial charge in [0.15, 0.2) is 5.96 Å². The number of aliphatic imine (C=N–C) groups is 1. The van der Waals surface area contributed by atoms with E-state index >= 15 is 0 Å². The number of halogens is 1. The van der Waals surface area contributed by atoms with Crippen LogP contribution in [-0.2, 0) is 6.54 Å². The Labute approximate surface area is 181 Å². The zero-order chi connectivity index (χ0) is 19.0.